The molecule has 0 aliphatic carbocycles. The van der Waals surface area contributed by atoms with Crippen LogP contribution in [0, 0.1) is 17.6 Å². The molecule has 2 aliphatic heterocycles. The van der Waals surface area contributed by atoms with Gasteiger partial charge < -0.3 is 15.5 Å². The van der Waals surface area contributed by atoms with Crippen molar-refractivity contribution in [1.82, 2.24) is 15.5 Å². The number of nitrogens with one attached hydrogen (secondary N) is 2. The molecular weight excluding hydrogens is 372 g/mol. The number of hydrogen-bond acceptors (Lipinski definition) is 4. The molecule has 1 aromatic rings. The van der Waals surface area contributed by atoms with Gasteiger partial charge in [0.2, 0.25) is 11.8 Å². The normalized spacial score (nSPS) is 22.7. The average molecular weight is 397 g/mol. The maximum Gasteiger partial charge on any atom is 0.237 e. The third-order valence-electron chi connectivity index (χ3n) is 5.07. The molecule has 0 radical (unpaired) electrons. The van der Waals surface area contributed by atoms with Gasteiger partial charge in [-0.05, 0) is 56.3 Å². The number of hydrogen-bond donors (Lipinski definition) is 2. The largest absolute Gasteiger partial charge is 0.354 e. The highest BCUT2D eigenvalue weighted by Gasteiger charge is 2.26. The Bertz CT molecular complexity index is 683. The monoisotopic (exact) mass is 397 g/mol. The van der Waals surface area contributed by atoms with E-state index in [9.17, 15) is 18.4 Å². The van der Waals surface area contributed by atoms with Crippen LogP contribution in [0.1, 0.15) is 25.7 Å². The van der Waals surface area contributed by atoms with Crippen molar-refractivity contribution in [3.63, 3.8) is 0 Å². The molecule has 2 aliphatic rings. The number of nitrogens with zero attached hydrogens (tertiary/aromatic N) is 1. The van der Waals surface area contributed by atoms with E-state index in [2.05, 4.69) is 10.6 Å². The molecule has 0 bridgehead atoms. The van der Waals surface area contributed by atoms with Crippen molar-refractivity contribution in [2.24, 2.45) is 5.92 Å². The summed E-state index contributed by atoms with van der Waals surface area (Å²) in [6, 6.07) is 3.57. The molecule has 148 valence electrons. The van der Waals surface area contributed by atoms with Crippen LogP contribution in [0.25, 0.3) is 0 Å². The van der Waals surface area contributed by atoms with Crippen molar-refractivity contribution in [2.75, 3.05) is 31.9 Å². The zero-order valence-corrected chi connectivity index (χ0v) is 16.0. The molecule has 0 saturated carbocycles. The van der Waals surface area contributed by atoms with Crippen molar-refractivity contribution < 1.29 is 18.4 Å². The molecular formula is C19H25F2N3O2S. The van der Waals surface area contributed by atoms with Crippen molar-refractivity contribution in [3.8, 4) is 0 Å². The van der Waals surface area contributed by atoms with Gasteiger partial charge in [-0.3, -0.25) is 9.59 Å². The predicted molar refractivity (Wildman–Crippen MR) is 100 cm³/mol. The van der Waals surface area contributed by atoms with Gasteiger partial charge in [0.25, 0.3) is 0 Å². The molecule has 2 saturated heterocycles. The number of halogens is 2. The third-order valence-corrected chi connectivity index (χ3v) is 6.05. The fourth-order valence-corrected chi connectivity index (χ4v) is 4.36. The molecule has 27 heavy (non-hydrogen) atoms. The topological polar surface area (TPSA) is 61.4 Å². The minimum atomic E-state index is -0.905. The predicted octanol–water partition coefficient (Wildman–Crippen LogP) is 2.16. The summed E-state index contributed by atoms with van der Waals surface area (Å²) in [6.07, 6.45) is 3.80. The van der Waals surface area contributed by atoms with E-state index in [1.165, 1.54) is 17.8 Å². The molecule has 2 heterocycles. The lowest BCUT2D eigenvalue weighted by molar-refractivity contribution is -0.130. The Morgan fingerprint density at radius 1 is 1.22 bits per heavy atom. The third kappa shape index (κ3) is 5.65. The van der Waals surface area contributed by atoms with E-state index >= 15 is 0 Å². The Morgan fingerprint density at radius 3 is 2.81 bits per heavy atom. The Kier molecular flexibility index (Phi) is 7.07. The van der Waals surface area contributed by atoms with E-state index in [0.29, 0.717) is 24.5 Å². The van der Waals surface area contributed by atoms with Gasteiger partial charge >= 0.3 is 0 Å². The first-order valence-corrected chi connectivity index (χ1v) is 10.4. The summed E-state index contributed by atoms with van der Waals surface area (Å²) in [7, 11) is 0. The molecule has 0 spiro atoms. The van der Waals surface area contributed by atoms with Gasteiger partial charge in [0.05, 0.1) is 11.8 Å². The molecule has 2 atom stereocenters. The molecule has 2 N–H and O–H groups in total. The zero-order valence-electron chi connectivity index (χ0n) is 15.2. The fourth-order valence-electron chi connectivity index (χ4n) is 3.54. The number of thioether (sulfide) groups is 1. The lowest BCUT2D eigenvalue weighted by Gasteiger charge is -2.33. The van der Waals surface area contributed by atoms with Crippen molar-refractivity contribution in [2.45, 2.75) is 36.6 Å². The van der Waals surface area contributed by atoms with Crippen LogP contribution >= 0.6 is 11.8 Å². The lowest BCUT2D eigenvalue weighted by atomic mass is 9.98. The number of carbonyl (C=O) groups is 2. The van der Waals surface area contributed by atoms with Gasteiger partial charge in [0.1, 0.15) is 0 Å². The Hall–Kier alpha value is -1.67. The first-order chi connectivity index (χ1) is 13.0. The Labute approximate surface area is 162 Å². The molecule has 3 rings (SSSR count). The van der Waals surface area contributed by atoms with Crippen LogP contribution in [-0.4, -0.2) is 54.7 Å². The minimum absolute atomic E-state index is 0.0155. The van der Waals surface area contributed by atoms with E-state index in [1.54, 1.807) is 4.90 Å². The lowest BCUT2D eigenvalue weighted by Crippen LogP contribution is -2.47. The first kappa shape index (κ1) is 20.1. The van der Waals surface area contributed by atoms with E-state index in [0.717, 1.165) is 44.4 Å². The van der Waals surface area contributed by atoms with Crippen LogP contribution in [0.2, 0.25) is 0 Å². The summed E-state index contributed by atoms with van der Waals surface area (Å²) < 4.78 is 26.2. The van der Waals surface area contributed by atoms with E-state index in [1.807, 2.05) is 0 Å². The first-order valence-electron chi connectivity index (χ1n) is 9.39. The van der Waals surface area contributed by atoms with Crippen molar-refractivity contribution >= 4 is 23.6 Å². The Morgan fingerprint density at radius 2 is 2.07 bits per heavy atom. The smallest absolute Gasteiger partial charge is 0.237 e. The summed E-state index contributed by atoms with van der Waals surface area (Å²) >= 11 is 1.21. The summed E-state index contributed by atoms with van der Waals surface area (Å²) in [5.74, 6) is -1.32. The quantitative estimate of drug-likeness (QED) is 0.723. The Balaban J connectivity index is 1.43. The van der Waals surface area contributed by atoms with Crippen LogP contribution in [-0.2, 0) is 9.59 Å². The summed E-state index contributed by atoms with van der Waals surface area (Å²) in [5, 5.41) is 6.18. The molecule has 1 aromatic carbocycles. The highest BCUT2D eigenvalue weighted by atomic mass is 32.2. The van der Waals surface area contributed by atoms with Crippen LogP contribution in [0.4, 0.5) is 8.78 Å². The highest BCUT2D eigenvalue weighted by molar-refractivity contribution is 8.00. The van der Waals surface area contributed by atoms with Crippen LogP contribution < -0.4 is 10.6 Å². The second-order valence-corrected chi connectivity index (χ2v) is 8.16. The molecule has 0 aromatic heterocycles. The van der Waals surface area contributed by atoms with E-state index < -0.39 is 11.6 Å². The fraction of sp³-hybridized carbons (Fsp3) is 0.579. The highest BCUT2D eigenvalue weighted by Crippen LogP contribution is 2.22. The van der Waals surface area contributed by atoms with Gasteiger partial charge in [0, 0.05) is 24.5 Å². The SMILES string of the molecule is O=C(NCC1CCCN(C(=O)CSc2ccc(F)c(F)c2)C1)C1CCCN1. The molecule has 8 heteroatoms. The number of benzene rings is 1. The number of piperidine rings is 1. The second-order valence-electron chi connectivity index (χ2n) is 7.11. The van der Waals surface area contributed by atoms with Gasteiger partial charge in [0.15, 0.2) is 11.6 Å². The van der Waals surface area contributed by atoms with Gasteiger partial charge in [-0.1, -0.05) is 0 Å². The maximum atomic E-state index is 13.2. The number of amides is 2. The standard InChI is InChI=1S/C19H25F2N3O2S/c20-15-6-5-14(9-16(15)21)27-12-18(25)24-8-2-3-13(11-24)10-23-19(26)17-4-1-7-22-17/h5-6,9,13,17,22H,1-4,7-8,10-12H2,(H,23,26). The maximum absolute atomic E-state index is 13.2. The number of carbonyl (C=O) groups excluding carboxylic acids is 2. The zero-order chi connectivity index (χ0) is 19.2. The van der Waals surface area contributed by atoms with Gasteiger partial charge in [-0.15, -0.1) is 11.8 Å². The number of likely N-dealkylation sites (tertiary alicyclic amines) is 1. The van der Waals surface area contributed by atoms with Crippen LogP contribution in [0.15, 0.2) is 23.1 Å². The van der Waals surface area contributed by atoms with E-state index in [4.69, 9.17) is 0 Å². The molecule has 2 unspecified atom stereocenters. The van der Waals surface area contributed by atoms with Gasteiger partial charge in [-0.25, -0.2) is 8.78 Å². The minimum Gasteiger partial charge on any atom is -0.354 e. The summed E-state index contributed by atoms with van der Waals surface area (Å²) in [5.41, 5.74) is 0. The van der Waals surface area contributed by atoms with Crippen molar-refractivity contribution in [1.29, 1.82) is 0 Å². The summed E-state index contributed by atoms with van der Waals surface area (Å²) in [4.78, 5) is 26.9. The summed E-state index contributed by atoms with van der Waals surface area (Å²) in [6.45, 7) is 2.79. The van der Waals surface area contributed by atoms with Crippen LogP contribution in [0.3, 0.4) is 0 Å². The second kappa shape index (κ2) is 9.50. The van der Waals surface area contributed by atoms with E-state index in [-0.39, 0.29) is 29.5 Å². The molecule has 2 amide bonds. The van der Waals surface area contributed by atoms with Gasteiger partial charge in [-0.2, -0.15) is 0 Å². The van der Waals surface area contributed by atoms with Crippen molar-refractivity contribution in [3.05, 3.63) is 29.8 Å². The average Bonchev–Trinajstić information content (AvgIpc) is 3.22. The molecule has 2 fully saturated rings. The number of rotatable bonds is 6. The van der Waals surface area contributed by atoms with Crippen LogP contribution in [0.5, 0.6) is 0 Å². The molecule has 5 nitrogen and oxygen atoms in total.